The lowest BCUT2D eigenvalue weighted by atomic mass is 10.0. The highest BCUT2D eigenvalue weighted by atomic mass is 32.2. The number of benzene rings is 2. The Bertz CT molecular complexity index is 1140. The van der Waals surface area contributed by atoms with Crippen molar-refractivity contribution >= 4 is 23.4 Å². The average Bonchev–Trinajstić information content (AvgIpc) is 3.33. The molecule has 2 aromatic carbocycles. The van der Waals surface area contributed by atoms with E-state index >= 15 is 0 Å². The Kier molecular flexibility index (Phi) is 8.56. The molecule has 7 nitrogen and oxygen atoms in total. The van der Waals surface area contributed by atoms with Crippen molar-refractivity contribution in [3.05, 3.63) is 66.0 Å². The fourth-order valence-corrected chi connectivity index (χ4v) is 5.50. The van der Waals surface area contributed by atoms with E-state index in [0.29, 0.717) is 11.7 Å². The number of carbonyl (C=O) groups excluding carboxylic acids is 1. The molecule has 1 atom stereocenters. The van der Waals surface area contributed by atoms with Crippen LogP contribution >= 0.6 is 11.8 Å². The summed E-state index contributed by atoms with van der Waals surface area (Å²) in [5.41, 5.74) is 2.39. The lowest BCUT2D eigenvalue weighted by molar-refractivity contribution is -0.128. The van der Waals surface area contributed by atoms with Gasteiger partial charge >= 0.3 is 0 Å². The van der Waals surface area contributed by atoms with Crippen LogP contribution in [0.15, 0.2) is 59.8 Å². The first kappa shape index (κ1) is 26.1. The molecule has 1 aromatic heterocycles. The third-order valence-corrected chi connectivity index (χ3v) is 7.42. The molecule has 0 radical (unpaired) electrons. The molecule has 8 heteroatoms. The highest BCUT2D eigenvalue weighted by Gasteiger charge is 2.25. The first-order valence-electron chi connectivity index (χ1n) is 12.8. The van der Waals surface area contributed by atoms with E-state index < -0.39 is 0 Å². The van der Waals surface area contributed by atoms with Crippen molar-refractivity contribution in [3.8, 4) is 5.75 Å². The van der Waals surface area contributed by atoms with E-state index in [-0.39, 0.29) is 18.1 Å². The van der Waals surface area contributed by atoms with Crippen LogP contribution in [0.25, 0.3) is 0 Å². The fourth-order valence-electron chi connectivity index (χ4n) is 4.53. The molecule has 0 spiro atoms. The molecule has 0 aliphatic carbocycles. The molecule has 1 unspecified atom stereocenters. The largest absolute Gasteiger partial charge is 0.482 e. The molecule has 1 aliphatic rings. The molecule has 0 N–H and O–H groups in total. The third-order valence-electron chi connectivity index (χ3n) is 6.49. The molecule has 0 saturated carbocycles. The maximum Gasteiger partial charge on any atom is 0.233 e. The number of nitrogens with zero attached hydrogens (tertiary/aromatic N) is 5. The second-order valence-electron chi connectivity index (χ2n) is 9.75. The van der Waals surface area contributed by atoms with E-state index in [1.165, 1.54) is 23.0 Å². The predicted octanol–water partition coefficient (Wildman–Crippen LogP) is 5.56. The first-order chi connectivity index (χ1) is 17.3. The molecular formula is C28H37N5O2S. The van der Waals surface area contributed by atoms with E-state index in [1.54, 1.807) is 0 Å². The van der Waals surface area contributed by atoms with Crippen LogP contribution in [0.3, 0.4) is 0 Å². The van der Waals surface area contributed by atoms with Crippen molar-refractivity contribution in [2.24, 2.45) is 0 Å². The van der Waals surface area contributed by atoms with Crippen LogP contribution in [0.2, 0.25) is 0 Å². The summed E-state index contributed by atoms with van der Waals surface area (Å²) in [6.07, 6.45) is -0.268. The Morgan fingerprint density at radius 3 is 2.25 bits per heavy atom. The lowest BCUT2D eigenvalue weighted by Gasteiger charge is -2.36. The zero-order chi connectivity index (χ0) is 25.7. The van der Waals surface area contributed by atoms with Gasteiger partial charge in [-0.25, -0.2) is 0 Å². The zero-order valence-electron chi connectivity index (χ0n) is 21.9. The van der Waals surface area contributed by atoms with E-state index in [1.807, 2.05) is 36.1 Å². The smallest absolute Gasteiger partial charge is 0.233 e. The van der Waals surface area contributed by atoms with Gasteiger partial charge in [0.2, 0.25) is 5.91 Å². The molecule has 3 aromatic rings. The lowest BCUT2D eigenvalue weighted by Crippen LogP contribution is -2.49. The van der Waals surface area contributed by atoms with Crippen molar-refractivity contribution in [2.75, 3.05) is 36.8 Å². The number of hydrogen-bond donors (Lipinski definition) is 0. The zero-order valence-corrected chi connectivity index (χ0v) is 22.7. The minimum absolute atomic E-state index is 0.141. The number of thioether (sulfide) groups is 1. The number of aromatic nitrogens is 3. The normalized spacial score (nSPS) is 15.0. The number of para-hydroxylation sites is 2. The molecule has 1 aliphatic heterocycles. The van der Waals surface area contributed by atoms with Gasteiger partial charge in [0.25, 0.3) is 0 Å². The number of ether oxygens (including phenoxy) is 1. The van der Waals surface area contributed by atoms with Gasteiger partial charge in [-0.05, 0) is 50.5 Å². The molecule has 1 amide bonds. The predicted molar refractivity (Wildman–Crippen MR) is 146 cm³/mol. The quantitative estimate of drug-likeness (QED) is 0.353. The van der Waals surface area contributed by atoms with Crippen molar-refractivity contribution in [2.45, 2.75) is 57.8 Å². The van der Waals surface area contributed by atoms with Crippen LogP contribution < -0.4 is 9.64 Å². The monoisotopic (exact) mass is 507 g/mol. The summed E-state index contributed by atoms with van der Waals surface area (Å²) in [6, 6.07) is 18.7. The van der Waals surface area contributed by atoms with Gasteiger partial charge in [0, 0.05) is 37.9 Å². The SMILES string of the molecule is CC(C)c1ccccc1OC(C)c1nnc(SCC(=O)N2CCN(c3ccccc3)CC2)n1C(C)C. The number of piperazine rings is 1. The summed E-state index contributed by atoms with van der Waals surface area (Å²) in [4.78, 5) is 17.3. The summed E-state index contributed by atoms with van der Waals surface area (Å²) >= 11 is 1.46. The van der Waals surface area contributed by atoms with E-state index in [4.69, 9.17) is 4.74 Å². The number of carbonyl (C=O) groups is 1. The number of hydrogen-bond acceptors (Lipinski definition) is 6. The van der Waals surface area contributed by atoms with Crippen LogP contribution in [0, 0.1) is 0 Å². The summed E-state index contributed by atoms with van der Waals surface area (Å²) in [5.74, 6) is 2.50. The highest BCUT2D eigenvalue weighted by Crippen LogP contribution is 2.32. The van der Waals surface area contributed by atoms with Crippen molar-refractivity contribution in [1.82, 2.24) is 19.7 Å². The summed E-state index contributed by atoms with van der Waals surface area (Å²) in [6.45, 7) is 13.7. The van der Waals surface area contributed by atoms with Crippen LogP contribution in [0.1, 0.15) is 64.1 Å². The minimum Gasteiger partial charge on any atom is -0.482 e. The standard InChI is InChI=1S/C28H37N5O2S/c1-20(2)24-13-9-10-14-25(24)35-22(5)27-29-30-28(33(27)21(3)4)36-19-26(34)32-17-15-31(16-18-32)23-11-7-6-8-12-23/h6-14,20-22H,15-19H2,1-5H3. The van der Waals surface area contributed by atoms with Gasteiger partial charge in [0.15, 0.2) is 17.1 Å². The number of rotatable bonds is 9. The number of anilines is 1. The molecular weight excluding hydrogens is 470 g/mol. The van der Waals surface area contributed by atoms with Crippen molar-refractivity contribution in [1.29, 1.82) is 0 Å². The van der Waals surface area contributed by atoms with Gasteiger partial charge in [-0.3, -0.25) is 4.79 Å². The van der Waals surface area contributed by atoms with E-state index in [9.17, 15) is 4.79 Å². The van der Waals surface area contributed by atoms with Gasteiger partial charge in [-0.15, -0.1) is 10.2 Å². The van der Waals surface area contributed by atoms with Gasteiger partial charge in [0.05, 0.1) is 5.75 Å². The molecule has 4 rings (SSSR count). The molecule has 192 valence electrons. The summed E-state index contributed by atoms with van der Waals surface area (Å²) < 4.78 is 8.44. The van der Waals surface area contributed by atoms with Crippen LogP contribution in [-0.2, 0) is 4.79 Å². The Labute approximate surface area is 218 Å². The summed E-state index contributed by atoms with van der Waals surface area (Å²) in [7, 11) is 0. The van der Waals surface area contributed by atoms with Gasteiger partial charge in [0.1, 0.15) is 5.75 Å². The van der Waals surface area contributed by atoms with E-state index in [2.05, 4.69) is 77.7 Å². The second-order valence-corrected chi connectivity index (χ2v) is 10.7. The van der Waals surface area contributed by atoms with E-state index in [0.717, 1.165) is 42.9 Å². The maximum absolute atomic E-state index is 13.0. The third kappa shape index (κ3) is 6.03. The van der Waals surface area contributed by atoms with Gasteiger partial charge in [-0.1, -0.05) is 62.0 Å². The Morgan fingerprint density at radius 1 is 0.917 bits per heavy atom. The topological polar surface area (TPSA) is 63.5 Å². The Balaban J connectivity index is 1.38. The highest BCUT2D eigenvalue weighted by molar-refractivity contribution is 7.99. The van der Waals surface area contributed by atoms with Crippen molar-refractivity contribution in [3.63, 3.8) is 0 Å². The van der Waals surface area contributed by atoms with Gasteiger partial charge in [-0.2, -0.15) is 0 Å². The molecule has 36 heavy (non-hydrogen) atoms. The van der Waals surface area contributed by atoms with Crippen LogP contribution in [-0.4, -0.2) is 57.5 Å². The fraction of sp³-hybridized carbons (Fsp3) is 0.464. The molecule has 0 bridgehead atoms. The maximum atomic E-state index is 13.0. The molecule has 1 saturated heterocycles. The number of amides is 1. The first-order valence-corrected chi connectivity index (χ1v) is 13.7. The molecule has 2 heterocycles. The second kappa shape index (κ2) is 11.8. The average molecular weight is 508 g/mol. The van der Waals surface area contributed by atoms with Gasteiger partial charge < -0.3 is 19.1 Å². The Hall–Kier alpha value is -3.00. The minimum atomic E-state index is -0.268. The summed E-state index contributed by atoms with van der Waals surface area (Å²) in [5, 5.41) is 9.67. The Morgan fingerprint density at radius 2 is 1.58 bits per heavy atom. The molecule has 1 fully saturated rings. The van der Waals surface area contributed by atoms with Crippen LogP contribution in [0.4, 0.5) is 5.69 Å². The van der Waals surface area contributed by atoms with Crippen molar-refractivity contribution < 1.29 is 9.53 Å². The van der Waals surface area contributed by atoms with Crippen LogP contribution in [0.5, 0.6) is 5.75 Å².